The Morgan fingerprint density at radius 2 is 2.04 bits per heavy atom. The van der Waals surface area contributed by atoms with Crippen LogP contribution in [0.2, 0.25) is 0 Å². The van der Waals surface area contributed by atoms with E-state index < -0.39 is 0 Å². The van der Waals surface area contributed by atoms with Crippen molar-refractivity contribution >= 4 is 11.6 Å². The Balaban J connectivity index is 1.33. The molecule has 1 aliphatic heterocycles. The highest BCUT2D eigenvalue weighted by atomic mass is 16.5. The standard InChI is InChI=1S/C21H25N3O3/c1-25-17-5-2-4-14(10-17)18-11-15(18)13-23-21(22)24-16-6-7-19-20(12-16)27-9-3-8-26-19/h2,4-7,10,12,15,18H,3,8-9,11,13H2,1H3,(H3,22,23,24)/t15-,18-/m0/s1. The van der Waals surface area contributed by atoms with Crippen molar-refractivity contribution in [2.45, 2.75) is 18.8 Å². The Hall–Kier alpha value is -2.89. The molecular formula is C21H25N3O3. The van der Waals surface area contributed by atoms with Gasteiger partial charge in [0, 0.05) is 24.7 Å². The largest absolute Gasteiger partial charge is 0.497 e. The third kappa shape index (κ3) is 4.27. The van der Waals surface area contributed by atoms with Crippen LogP contribution in [0.15, 0.2) is 47.5 Å². The summed E-state index contributed by atoms with van der Waals surface area (Å²) in [5, 5.41) is 3.14. The van der Waals surface area contributed by atoms with E-state index in [2.05, 4.69) is 22.4 Å². The van der Waals surface area contributed by atoms with E-state index in [0.717, 1.165) is 35.8 Å². The number of guanidine groups is 1. The van der Waals surface area contributed by atoms with Gasteiger partial charge in [-0.3, -0.25) is 4.99 Å². The van der Waals surface area contributed by atoms with Crippen molar-refractivity contribution in [3.05, 3.63) is 48.0 Å². The predicted molar refractivity (Wildman–Crippen MR) is 106 cm³/mol. The maximum Gasteiger partial charge on any atom is 0.193 e. The van der Waals surface area contributed by atoms with Crippen LogP contribution in [0.25, 0.3) is 0 Å². The van der Waals surface area contributed by atoms with Crippen LogP contribution in [-0.2, 0) is 0 Å². The van der Waals surface area contributed by atoms with Gasteiger partial charge < -0.3 is 25.3 Å². The van der Waals surface area contributed by atoms with Gasteiger partial charge in [0.1, 0.15) is 5.75 Å². The van der Waals surface area contributed by atoms with Gasteiger partial charge in [0.05, 0.1) is 20.3 Å². The summed E-state index contributed by atoms with van der Waals surface area (Å²) < 4.78 is 16.7. The third-order valence-corrected chi connectivity index (χ3v) is 4.96. The fraction of sp³-hybridized carbons (Fsp3) is 0.381. The smallest absolute Gasteiger partial charge is 0.193 e. The number of aliphatic imine (C=N–C) groups is 1. The number of hydrogen-bond acceptors (Lipinski definition) is 4. The summed E-state index contributed by atoms with van der Waals surface area (Å²) in [6, 6.07) is 14.0. The zero-order valence-electron chi connectivity index (χ0n) is 15.5. The Morgan fingerprint density at radius 3 is 2.89 bits per heavy atom. The number of rotatable bonds is 5. The number of fused-ring (bicyclic) bond motifs is 1. The fourth-order valence-electron chi connectivity index (χ4n) is 3.37. The number of nitrogens with two attached hydrogens (primary N) is 1. The SMILES string of the molecule is COc1cccc([C@@H]2C[C@H]2CN=C(N)Nc2ccc3c(c2)OCCCO3)c1. The van der Waals surface area contributed by atoms with Crippen LogP contribution in [0.1, 0.15) is 24.3 Å². The van der Waals surface area contributed by atoms with E-state index in [1.807, 2.05) is 30.3 Å². The molecule has 2 atom stereocenters. The number of nitrogens with zero attached hydrogens (tertiary/aromatic N) is 1. The molecule has 0 spiro atoms. The minimum atomic E-state index is 0.417. The van der Waals surface area contributed by atoms with E-state index >= 15 is 0 Å². The van der Waals surface area contributed by atoms with E-state index in [4.69, 9.17) is 19.9 Å². The summed E-state index contributed by atoms with van der Waals surface area (Å²) in [5.74, 6) is 3.90. The highest BCUT2D eigenvalue weighted by Crippen LogP contribution is 2.48. The molecule has 4 rings (SSSR count). The van der Waals surface area contributed by atoms with Crippen molar-refractivity contribution in [2.24, 2.45) is 16.6 Å². The fourth-order valence-corrected chi connectivity index (χ4v) is 3.37. The maximum absolute atomic E-state index is 6.07. The first-order chi connectivity index (χ1) is 13.2. The molecule has 6 heteroatoms. The van der Waals surface area contributed by atoms with Gasteiger partial charge in [0.15, 0.2) is 17.5 Å². The second-order valence-electron chi connectivity index (χ2n) is 6.94. The van der Waals surface area contributed by atoms with Crippen LogP contribution in [-0.4, -0.2) is 32.8 Å². The molecule has 0 saturated heterocycles. The summed E-state index contributed by atoms with van der Waals surface area (Å²) in [6.45, 7) is 2.05. The molecule has 0 radical (unpaired) electrons. The Morgan fingerprint density at radius 1 is 1.19 bits per heavy atom. The van der Waals surface area contributed by atoms with Crippen molar-refractivity contribution < 1.29 is 14.2 Å². The molecule has 0 amide bonds. The Labute approximate surface area is 159 Å². The lowest BCUT2D eigenvalue weighted by molar-refractivity contribution is 0.297. The number of ether oxygens (including phenoxy) is 3. The second-order valence-corrected chi connectivity index (χ2v) is 6.94. The van der Waals surface area contributed by atoms with Crippen molar-refractivity contribution in [2.75, 3.05) is 32.2 Å². The maximum atomic E-state index is 6.07. The van der Waals surface area contributed by atoms with Crippen molar-refractivity contribution in [1.29, 1.82) is 0 Å². The van der Waals surface area contributed by atoms with Crippen LogP contribution in [0.5, 0.6) is 17.2 Å². The topological polar surface area (TPSA) is 78.1 Å². The number of nitrogens with one attached hydrogen (secondary N) is 1. The van der Waals surface area contributed by atoms with Crippen LogP contribution in [0.4, 0.5) is 5.69 Å². The highest BCUT2D eigenvalue weighted by molar-refractivity contribution is 5.92. The summed E-state index contributed by atoms with van der Waals surface area (Å²) in [4.78, 5) is 4.51. The van der Waals surface area contributed by atoms with Gasteiger partial charge in [0.2, 0.25) is 0 Å². The molecule has 2 aromatic rings. The van der Waals surface area contributed by atoms with Crippen LogP contribution in [0, 0.1) is 5.92 Å². The highest BCUT2D eigenvalue weighted by Gasteiger charge is 2.38. The second kappa shape index (κ2) is 7.78. The Bertz CT molecular complexity index is 837. The first-order valence-electron chi connectivity index (χ1n) is 9.33. The average Bonchev–Trinajstić information content (AvgIpc) is 3.49. The number of anilines is 1. The zero-order valence-corrected chi connectivity index (χ0v) is 15.5. The molecule has 27 heavy (non-hydrogen) atoms. The molecule has 0 aromatic heterocycles. The normalized spacial score (nSPS) is 21.3. The minimum Gasteiger partial charge on any atom is -0.497 e. The number of methoxy groups -OCH3 is 1. The van der Waals surface area contributed by atoms with E-state index in [0.29, 0.717) is 37.6 Å². The molecule has 2 aliphatic rings. The zero-order chi connectivity index (χ0) is 18.6. The number of benzene rings is 2. The first-order valence-corrected chi connectivity index (χ1v) is 9.33. The monoisotopic (exact) mass is 367 g/mol. The van der Waals surface area contributed by atoms with E-state index in [9.17, 15) is 0 Å². The van der Waals surface area contributed by atoms with Gasteiger partial charge in [-0.05, 0) is 48.1 Å². The van der Waals surface area contributed by atoms with Gasteiger partial charge in [-0.2, -0.15) is 0 Å². The third-order valence-electron chi connectivity index (χ3n) is 4.96. The van der Waals surface area contributed by atoms with Gasteiger partial charge in [-0.15, -0.1) is 0 Å². The molecule has 1 heterocycles. The lowest BCUT2D eigenvalue weighted by Crippen LogP contribution is -2.23. The van der Waals surface area contributed by atoms with Gasteiger partial charge in [-0.25, -0.2) is 0 Å². The van der Waals surface area contributed by atoms with Crippen LogP contribution in [0.3, 0.4) is 0 Å². The molecule has 6 nitrogen and oxygen atoms in total. The molecule has 0 bridgehead atoms. The summed E-state index contributed by atoms with van der Waals surface area (Å²) in [7, 11) is 1.69. The van der Waals surface area contributed by atoms with Crippen molar-refractivity contribution in [3.8, 4) is 17.2 Å². The summed E-state index contributed by atoms with van der Waals surface area (Å²) in [6.07, 6.45) is 2.02. The quantitative estimate of drug-likeness (QED) is 0.626. The molecule has 2 aromatic carbocycles. The van der Waals surface area contributed by atoms with Crippen molar-refractivity contribution in [3.63, 3.8) is 0 Å². The van der Waals surface area contributed by atoms with Gasteiger partial charge in [0.25, 0.3) is 0 Å². The van der Waals surface area contributed by atoms with Crippen molar-refractivity contribution in [1.82, 2.24) is 0 Å². The molecule has 1 fully saturated rings. The minimum absolute atomic E-state index is 0.417. The molecule has 3 N–H and O–H groups in total. The van der Waals surface area contributed by atoms with E-state index in [1.54, 1.807) is 7.11 Å². The predicted octanol–water partition coefficient (Wildman–Crippen LogP) is 3.39. The molecular weight excluding hydrogens is 342 g/mol. The van der Waals surface area contributed by atoms with Gasteiger partial charge >= 0.3 is 0 Å². The first kappa shape index (κ1) is 17.5. The molecule has 0 unspecified atom stereocenters. The summed E-state index contributed by atoms with van der Waals surface area (Å²) in [5.41, 5.74) is 8.22. The molecule has 142 valence electrons. The number of hydrogen-bond donors (Lipinski definition) is 2. The van der Waals surface area contributed by atoms with E-state index in [-0.39, 0.29) is 0 Å². The van der Waals surface area contributed by atoms with Gasteiger partial charge in [-0.1, -0.05) is 12.1 Å². The Kier molecular flexibility index (Phi) is 5.05. The molecule has 1 aliphatic carbocycles. The summed E-state index contributed by atoms with van der Waals surface area (Å²) >= 11 is 0. The molecule has 1 saturated carbocycles. The lowest BCUT2D eigenvalue weighted by atomic mass is 10.1. The van der Waals surface area contributed by atoms with Crippen LogP contribution < -0.4 is 25.3 Å². The van der Waals surface area contributed by atoms with E-state index in [1.165, 1.54) is 5.56 Å². The average molecular weight is 367 g/mol. The van der Waals surface area contributed by atoms with Crippen LogP contribution >= 0.6 is 0 Å². The lowest BCUT2D eigenvalue weighted by Gasteiger charge is -2.10.